The number of aromatic carboxylic acids is 1. The fraction of sp³-hybridized carbons (Fsp3) is 0.316. The number of hydrogen-bond donors (Lipinski definition) is 5. The molecule has 1 heterocycles. The molecule has 0 aromatic heterocycles. The molecular formula is C19H19ClO8. The Morgan fingerprint density at radius 3 is 2.21 bits per heavy atom. The van der Waals surface area contributed by atoms with Gasteiger partial charge in [0.1, 0.15) is 30.2 Å². The fourth-order valence-corrected chi connectivity index (χ4v) is 3.10. The average molecular weight is 411 g/mol. The van der Waals surface area contributed by atoms with Crippen LogP contribution in [0.5, 0.6) is 5.75 Å². The lowest BCUT2D eigenvalue weighted by atomic mass is 9.99. The van der Waals surface area contributed by atoms with Crippen molar-refractivity contribution in [3.05, 3.63) is 53.1 Å². The Labute approximate surface area is 165 Å². The molecule has 1 saturated heterocycles. The molecule has 0 aliphatic carbocycles. The van der Waals surface area contributed by atoms with Gasteiger partial charge in [0.25, 0.3) is 0 Å². The van der Waals surface area contributed by atoms with Crippen molar-refractivity contribution in [2.75, 3.05) is 6.61 Å². The minimum atomic E-state index is -1.55. The molecule has 1 fully saturated rings. The summed E-state index contributed by atoms with van der Waals surface area (Å²) >= 11 is 6.25. The number of aliphatic hydroxyl groups is 4. The Hall–Kier alpha value is -2.20. The lowest BCUT2D eigenvalue weighted by Gasteiger charge is -2.39. The van der Waals surface area contributed by atoms with E-state index in [0.717, 1.165) is 5.56 Å². The summed E-state index contributed by atoms with van der Waals surface area (Å²) in [6.45, 7) is -0.566. The molecule has 1 aliphatic heterocycles. The second-order valence-corrected chi connectivity index (χ2v) is 6.75. The van der Waals surface area contributed by atoms with Gasteiger partial charge < -0.3 is 35.0 Å². The molecule has 2 aromatic carbocycles. The van der Waals surface area contributed by atoms with Gasteiger partial charge in [-0.05, 0) is 35.4 Å². The highest BCUT2D eigenvalue weighted by molar-refractivity contribution is 6.32. The molecule has 2 aromatic rings. The van der Waals surface area contributed by atoms with Gasteiger partial charge in [0, 0.05) is 0 Å². The number of carbonyl (C=O) groups is 1. The maximum Gasteiger partial charge on any atom is 0.335 e. The van der Waals surface area contributed by atoms with Crippen LogP contribution >= 0.6 is 11.6 Å². The molecule has 28 heavy (non-hydrogen) atoms. The molecule has 0 bridgehead atoms. The van der Waals surface area contributed by atoms with Gasteiger partial charge >= 0.3 is 5.97 Å². The van der Waals surface area contributed by atoms with E-state index in [1.54, 1.807) is 24.3 Å². The Morgan fingerprint density at radius 2 is 1.64 bits per heavy atom. The van der Waals surface area contributed by atoms with Gasteiger partial charge in [-0.3, -0.25) is 0 Å². The number of hydrogen-bond acceptors (Lipinski definition) is 7. The second kappa shape index (κ2) is 8.44. The van der Waals surface area contributed by atoms with Crippen LogP contribution in [0.15, 0.2) is 42.5 Å². The second-order valence-electron chi connectivity index (χ2n) is 6.34. The van der Waals surface area contributed by atoms with Gasteiger partial charge in [0.2, 0.25) is 6.29 Å². The lowest BCUT2D eigenvalue weighted by molar-refractivity contribution is -0.277. The highest BCUT2D eigenvalue weighted by Crippen LogP contribution is 2.33. The van der Waals surface area contributed by atoms with Gasteiger partial charge in [-0.1, -0.05) is 29.8 Å². The summed E-state index contributed by atoms with van der Waals surface area (Å²) in [5.41, 5.74) is 1.62. The normalized spacial score (nSPS) is 27.4. The quantitative estimate of drug-likeness (QED) is 0.490. The molecule has 0 spiro atoms. The molecule has 0 amide bonds. The van der Waals surface area contributed by atoms with E-state index in [9.17, 15) is 25.2 Å². The summed E-state index contributed by atoms with van der Waals surface area (Å²) in [5.74, 6) is -0.857. The summed E-state index contributed by atoms with van der Waals surface area (Å²) in [6, 6.07) is 11.1. The van der Waals surface area contributed by atoms with Crippen LogP contribution in [0.3, 0.4) is 0 Å². The van der Waals surface area contributed by atoms with E-state index in [0.29, 0.717) is 5.56 Å². The molecule has 0 saturated carbocycles. The zero-order valence-corrected chi connectivity index (χ0v) is 15.2. The molecular weight excluding hydrogens is 392 g/mol. The average Bonchev–Trinajstić information content (AvgIpc) is 2.69. The molecule has 1 aliphatic rings. The third-order valence-electron chi connectivity index (χ3n) is 4.49. The van der Waals surface area contributed by atoms with E-state index in [1.165, 1.54) is 18.2 Å². The lowest BCUT2D eigenvalue weighted by Crippen LogP contribution is -2.60. The minimum Gasteiger partial charge on any atom is -0.478 e. The first-order valence-corrected chi connectivity index (χ1v) is 8.80. The van der Waals surface area contributed by atoms with Gasteiger partial charge in [-0.15, -0.1) is 0 Å². The number of halogens is 1. The molecule has 8 nitrogen and oxygen atoms in total. The van der Waals surface area contributed by atoms with Gasteiger partial charge in [-0.2, -0.15) is 0 Å². The van der Waals surface area contributed by atoms with Crippen LogP contribution in [-0.4, -0.2) is 68.8 Å². The number of aliphatic hydroxyl groups excluding tert-OH is 4. The van der Waals surface area contributed by atoms with Crippen molar-refractivity contribution < 1.29 is 39.8 Å². The Bertz CT molecular complexity index is 838. The smallest absolute Gasteiger partial charge is 0.335 e. The maximum atomic E-state index is 10.9. The highest BCUT2D eigenvalue weighted by atomic mass is 35.5. The summed E-state index contributed by atoms with van der Waals surface area (Å²) in [6.07, 6.45) is -7.01. The van der Waals surface area contributed by atoms with Crippen molar-refractivity contribution in [1.82, 2.24) is 0 Å². The molecule has 0 radical (unpaired) electrons. The Balaban J connectivity index is 1.78. The molecule has 5 N–H and O–H groups in total. The predicted octanol–water partition coefficient (Wildman–Crippen LogP) is 0.884. The minimum absolute atomic E-state index is 0.164. The van der Waals surface area contributed by atoms with Crippen molar-refractivity contribution in [1.29, 1.82) is 0 Å². The number of rotatable bonds is 5. The van der Waals surface area contributed by atoms with E-state index in [-0.39, 0.29) is 16.3 Å². The summed E-state index contributed by atoms with van der Waals surface area (Å²) in [7, 11) is 0. The monoisotopic (exact) mass is 410 g/mol. The highest BCUT2D eigenvalue weighted by Gasteiger charge is 2.44. The van der Waals surface area contributed by atoms with Crippen molar-refractivity contribution in [2.24, 2.45) is 0 Å². The van der Waals surface area contributed by atoms with Gasteiger partial charge in [0.05, 0.1) is 17.2 Å². The van der Waals surface area contributed by atoms with E-state index >= 15 is 0 Å². The van der Waals surface area contributed by atoms with Gasteiger partial charge in [-0.25, -0.2) is 4.79 Å². The van der Waals surface area contributed by atoms with E-state index in [4.69, 9.17) is 26.2 Å². The van der Waals surface area contributed by atoms with Crippen molar-refractivity contribution in [3.8, 4) is 16.9 Å². The summed E-state index contributed by atoms with van der Waals surface area (Å²) < 4.78 is 10.8. The molecule has 9 heteroatoms. The number of carboxylic acids is 1. The molecule has 3 rings (SSSR count). The zero-order valence-electron chi connectivity index (χ0n) is 14.5. The van der Waals surface area contributed by atoms with Crippen LogP contribution in [0.1, 0.15) is 10.4 Å². The van der Waals surface area contributed by atoms with Gasteiger partial charge in [0.15, 0.2) is 0 Å². The zero-order chi connectivity index (χ0) is 20.4. The van der Waals surface area contributed by atoms with E-state index in [1.807, 2.05) is 0 Å². The van der Waals surface area contributed by atoms with Crippen LogP contribution in [0.2, 0.25) is 5.02 Å². The summed E-state index contributed by atoms with van der Waals surface area (Å²) in [4.78, 5) is 10.9. The van der Waals surface area contributed by atoms with E-state index < -0.39 is 43.3 Å². The van der Waals surface area contributed by atoms with Crippen molar-refractivity contribution in [3.63, 3.8) is 0 Å². The maximum absolute atomic E-state index is 10.9. The van der Waals surface area contributed by atoms with Crippen LogP contribution in [0, 0.1) is 0 Å². The Morgan fingerprint density at radius 1 is 1.00 bits per heavy atom. The third kappa shape index (κ3) is 4.12. The number of benzene rings is 2. The topological polar surface area (TPSA) is 137 Å². The third-order valence-corrected chi connectivity index (χ3v) is 4.78. The summed E-state index contributed by atoms with van der Waals surface area (Å²) in [5, 5.41) is 48.0. The molecule has 3 unspecified atom stereocenters. The molecule has 150 valence electrons. The first-order chi connectivity index (χ1) is 13.3. The Kier molecular flexibility index (Phi) is 6.19. The van der Waals surface area contributed by atoms with Crippen LogP contribution in [-0.2, 0) is 4.74 Å². The standard InChI is InChI=1S/C19H19ClO8/c20-12-7-11(9-1-3-10(4-2-9)18(25)26)5-6-13(12)27-19-17(24)16(23)15(22)14(8-21)28-19/h1-7,14-17,19,21-24H,8H2,(H,25,26)/t14?,15-,16+,17?,19?/m1/s1. The van der Waals surface area contributed by atoms with Crippen LogP contribution in [0.25, 0.3) is 11.1 Å². The molecule has 5 atom stereocenters. The predicted molar refractivity (Wildman–Crippen MR) is 98.2 cm³/mol. The SMILES string of the molecule is O=C(O)c1ccc(-c2ccc(OC3OC(CO)[C@@H](O)[C@H](O)C3O)c(Cl)c2)cc1. The number of ether oxygens (including phenoxy) is 2. The largest absolute Gasteiger partial charge is 0.478 e. The number of carboxylic acid groups (broad SMARTS) is 1. The van der Waals surface area contributed by atoms with Crippen molar-refractivity contribution >= 4 is 17.6 Å². The van der Waals surface area contributed by atoms with Crippen LogP contribution in [0.4, 0.5) is 0 Å². The first-order valence-electron chi connectivity index (χ1n) is 8.42. The van der Waals surface area contributed by atoms with Crippen molar-refractivity contribution in [2.45, 2.75) is 30.7 Å². The first kappa shape index (κ1) is 20.5. The van der Waals surface area contributed by atoms with Crippen LogP contribution < -0.4 is 4.74 Å². The fourth-order valence-electron chi connectivity index (χ4n) is 2.87. The van der Waals surface area contributed by atoms with E-state index in [2.05, 4.69) is 0 Å².